The molecule has 0 aliphatic carbocycles. The Labute approximate surface area is 88.7 Å². The highest BCUT2D eigenvalue weighted by atomic mass is 32.1. The third-order valence-corrected chi connectivity index (χ3v) is 2.29. The van der Waals surface area contributed by atoms with E-state index in [0.29, 0.717) is 5.69 Å². The number of ether oxygens (including phenoxy) is 1. The first-order chi connectivity index (χ1) is 7.25. The fraction of sp³-hybridized carbons (Fsp3) is 0. The molecule has 0 fully saturated rings. The van der Waals surface area contributed by atoms with Crippen LogP contribution in [0.2, 0.25) is 0 Å². The van der Waals surface area contributed by atoms with Gasteiger partial charge in [0.15, 0.2) is 0 Å². The van der Waals surface area contributed by atoms with Gasteiger partial charge in [-0.05, 0) is 6.07 Å². The van der Waals surface area contributed by atoms with Crippen molar-refractivity contribution in [2.45, 2.75) is 0 Å². The summed E-state index contributed by atoms with van der Waals surface area (Å²) in [6.07, 6.45) is 0.765. The molecule has 0 aliphatic rings. The summed E-state index contributed by atoms with van der Waals surface area (Å²) in [5.74, 6) is 0.0720. The van der Waals surface area contributed by atoms with Crippen LogP contribution in [0.4, 0.5) is 4.79 Å². The average Bonchev–Trinajstić information content (AvgIpc) is 2.71. The summed E-state index contributed by atoms with van der Waals surface area (Å²) in [5, 5.41) is 10.1. The number of carbonyl (C=O) groups excluding carboxylic acids is 1. The molecule has 0 radical (unpaired) electrons. The number of amides is 1. The number of hydrogen-bond acceptors (Lipinski definition) is 6. The van der Waals surface area contributed by atoms with Gasteiger partial charge < -0.3 is 10.5 Å². The lowest BCUT2D eigenvalue weighted by atomic mass is 10.4. The third-order valence-electron chi connectivity index (χ3n) is 1.50. The van der Waals surface area contributed by atoms with Crippen LogP contribution in [0.25, 0.3) is 10.7 Å². The lowest BCUT2D eigenvalue weighted by Crippen LogP contribution is -2.17. The maximum Gasteiger partial charge on any atom is 0.411 e. The normalized spacial score (nSPS) is 9.87. The van der Waals surface area contributed by atoms with Crippen LogP contribution >= 0.6 is 11.3 Å². The highest BCUT2D eigenvalue weighted by molar-refractivity contribution is 7.13. The number of rotatable bonds is 2. The Morgan fingerprint density at radius 2 is 2.27 bits per heavy atom. The molecule has 0 aromatic carbocycles. The molecular formula is C8H6N4O2S. The van der Waals surface area contributed by atoms with E-state index >= 15 is 0 Å². The predicted molar refractivity (Wildman–Crippen MR) is 53.4 cm³/mol. The summed E-state index contributed by atoms with van der Waals surface area (Å²) in [6.45, 7) is 0. The average molecular weight is 222 g/mol. The summed E-state index contributed by atoms with van der Waals surface area (Å²) in [4.78, 5) is 14.5. The van der Waals surface area contributed by atoms with Gasteiger partial charge in [0.2, 0.25) is 5.88 Å². The quantitative estimate of drug-likeness (QED) is 0.820. The zero-order chi connectivity index (χ0) is 10.7. The summed E-state index contributed by atoms with van der Waals surface area (Å²) in [6, 6.07) is 3.17. The van der Waals surface area contributed by atoms with Gasteiger partial charge in [0, 0.05) is 17.6 Å². The second kappa shape index (κ2) is 4.01. The maximum atomic E-state index is 10.4. The van der Waals surface area contributed by atoms with E-state index in [2.05, 4.69) is 19.9 Å². The standard InChI is InChI=1S/C8H6N4O2S/c9-8(13)14-6-2-1-5(11-12-6)7-10-3-4-15-7/h1-4H,(H2,9,13). The van der Waals surface area contributed by atoms with Crippen LogP contribution in [0.3, 0.4) is 0 Å². The van der Waals surface area contributed by atoms with E-state index in [4.69, 9.17) is 5.73 Å². The molecule has 2 aromatic rings. The highest BCUT2D eigenvalue weighted by Crippen LogP contribution is 2.19. The SMILES string of the molecule is NC(=O)Oc1ccc(-c2nccs2)nn1. The first-order valence-corrected chi connectivity index (χ1v) is 4.84. The van der Waals surface area contributed by atoms with Crippen LogP contribution in [0.1, 0.15) is 0 Å². The molecule has 0 unspecified atom stereocenters. The van der Waals surface area contributed by atoms with Crippen molar-refractivity contribution < 1.29 is 9.53 Å². The molecule has 7 heteroatoms. The van der Waals surface area contributed by atoms with Crippen molar-refractivity contribution in [3.63, 3.8) is 0 Å². The molecular weight excluding hydrogens is 216 g/mol. The molecule has 15 heavy (non-hydrogen) atoms. The van der Waals surface area contributed by atoms with E-state index in [0.717, 1.165) is 5.01 Å². The van der Waals surface area contributed by atoms with E-state index in [1.165, 1.54) is 17.4 Å². The number of thiazole rings is 1. The molecule has 0 saturated carbocycles. The molecule has 2 N–H and O–H groups in total. The molecule has 0 bridgehead atoms. The summed E-state index contributed by atoms with van der Waals surface area (Å²) in [7, 11) is 0. The molecule has 2 aromatic heterocycles. The van der Waals surface area contributed by atoms with E-state index < -0.39 is 6.09 Å². The minimum atomic E-state index is -0.911. The van der Waals surface area contributed by atoms with Crippen molar-refractivity contribution in [1.82, 2.24) is 15.2 Å². The zero-order valence-corrected chi connectivity index (χ0v) is 8.27. The number of carbonyl (C=O) groups is 1. The van der Waals surface area contributed by atoms with Crippen molar-refractivity contribution >= 4 is 17.4 Å². The van der Waals surface area contributed by atoms with Gasteiger partial charge in [-0.2, -0.15) is 0 Å². The Kier molecular flexibility index (Phi) is 2.55. The number of primary amides is 1. The lowest BCUT2D eigenvalue weighted by Gasteiger charge is -1.98. The topological polar surface area (TPSA) is 91.0 Å². The minimum Gasteiger partial charge on any atom is -0.390 e. The fourth-order valence-corrected chi connectivity index (χ4v) is 1.54. The molecule has 76 valence electrons. The molecule has 2 heterocycles. The largest absolute Gasteiger partial charge is 0.411 e. The van der Waals surface area contributed by atoms with Crippen molar-refractivity contribution in [3.05, 3.63) is 23.7 Å². The van der Waals surface area contributed by atoms with Crippen LogP contribution in [0, 0.1) is 0 Å². The maximum absolute atomic E-state index is 10.4. The van der Waals surface area contributed by atoms with E-state index in [-0.39, 0.29) is 5.88 Å². The van der Waals surface area contributed by atoms with Gasteiger partial charge in [0.05, 0.1) is 0 Å². The van der Waals surface area contributed by atoms with Crippen molar-refractivity contribution in [2.75, 3.05) is 0 Å². The molecule has 6 nitrogen and oxygen atoms in total. The zero-order valence-electron chi connectivity index (χ0n) is 7.45. The summed E-state index contributed by atoms with van der Waals surface area (Å²) in [5.41, 5.74) is 5.44. The van der Waals surface area contributed by atoms with Crippen LogP contribution in [-0.4, -0.2) is 21.3 Å². The number of nitrogens with zero attached hydrogens (tertiary/aromatic N) is 3. The molecule has 2 rings (SSSR count). The Balaban J connectivity index is 2.21. The van der Waals surface area contributed by atoms with E-state index in [9.17, 15) is 4.79 Å². The van der Waals surface area contributed by atoms with E-state index in [1.54, 1.807) is 12.3 Å². The Morgan fingerprint density at radius 1 is 1.40 bits per heavy atom. The van der Waals surface area contributed by atoms with Gasteiger partial charge >= 0.3 is 6.09 Å². The van der Waals surface area contributed by atoms with Crippen molar-refractivity contribution in [3.8, 4) is 16.6 Å². The Morgan fingerprint density at radius 3 is 2.80 bits per heavy atom. The van der Waals surface area contributed by atoms with Crippen molar-refractivity contribution in [2.24, 2.45) is 5.73 Å². The van der Waals surface area contributed by atoms with Gasteiger partial charge in [-0.3, -0.25) is 0 Å². The number of nitrogens with two attached hydrogens (primary N) is 1. The van der Waals surface area contributed by atoms with Crippen LogP contribution in [0.5, 0.6) is 5.88 Å². The highest BCUT2D eigenvalue weighted by Gasteiger charge is 2.05. The minimum absolute atomic E-state index is 0.0720. The van der Waals surface area contributed by atoms with Gasteiger partial charge in [-0.1, -0.05) is 0 Å². The molecule has 0 atom stereocenters. The lowest BCUT2D eigenvalue weighted by molar-refractivity contribution is 0.208. The number of aromatic nitrogens is 3. The molecule has 0 saturated heterocycles. The second-order valence-corrected chi connectivity index (χ2v) is 3.41. The van der Waals surface area contributed by atoms with Crippen LogP contribution < -0.4 is 10.5 Å². The molecule has 0 aliphatic heterocycles. The molecule has 1 amide bonds. The van der Waals surface area contributed by atoms with E-state index in [1.807, 2.05) is 5.38 Å². The van der Waals surface area contributed by atoms with Crippen LogP contribution in [0.15, 0.2) is 23.7 Å². The van der Waals surface area contributed by atoms with Gasteiger partial charge in [0.1, 0.15) is 10.7 Å². The Hall–Kier alpha value is -2.02. The first kappa shape index (κ1) is 9.53. The van der Waals surface area contributed by atoms with Gasteiger partial charge in [-0.15, -0.1) is 21.5 Å². The summed E-state index contributed by atoms with van der Waals surface area (Å²) < 4.78 is 4.53. The second-order valence-electron chi connectivity index (χ2n) is 2.52. The third kappa shape index (κ3) is 2.26. The van der Waals surface area contributed by atoms with Gasteiger partial charge in [-0.25, -0.2) is 9.78 Å². The van der Waals surface area contributed by atoms with Crippen molar-refractivity contribution in [1.29, 1.82) is 0 Å². The predicted octanol–water partition coefficient (Wildman–Crippen LogP) is 1.06. The van der Waals surface area contributed by atoms with Gasteiger partial charge in [0.25, 0.3) is 0 Å². The summed E-state index contributed by atoms with van der Waals surface area (Å²) >= 11 is 1.45. The Bertz CT molecular complexity index is 454. The van der Waals surface area contributed by atoms with Crippen LogP contribution in [-0.2, 0) is 0 Å². The molecule has 0 spiro atoms. The first-order valence-electron chi connectivity index (χ1n) is 3.96. The fourth-order valence-electron chi connectivity index (χ4n) is 0.942. The monoisotopic (exact) mass is 222 g/mol. The number of hydrogen-bond donors (Lipinski definition) is 1. The smallest absolute Gasteiger partial charge is 0.390 e.